The van der Waals surface area contributed by atoms with Gasteiger partial charge in [-0.1, -0.05) is 5.16 Å². The van der Waals surface area contributed by atoms with Crippen LogP contribution in [0.25, 0.3) is 0 Å². The molecule has 0 saturated heterocycles. The third-order valence-electron chi connectivity index (χ3n) is 2.81. The Labute approximate surface area is 112 Å². The minimum Gasteiger partial charge on any atom is -0.305 e. The van der Waals surface area contributed by atoms with Crippen LogP contribution < -0.4 is 5.32 Å². The van der Waals surface area contributed by atoms with Crippen LogP contribution in [0.4, 0.5) is 5.82 Å². The van der Waals surface area contributed by atoms with Crippen molar-refractivity contribution in [3.05, 3.63) is 27.6 Å². The van der Waals surface area contributed by atoms with E-state index < -0.39 is 0 Å². The van der Waals surface area contributed by atoms with E-state index in [4.69, 9.17) is 0 Å². The standard InChI is InChI=1S/C11H11N3O2S2/c1-6-10(14-16-13-6)12-11(15)9-7-2-4-17-8(7)3-5-18-9/h2,4,9H,3,5H2,1H3,(H,12,14,15)/t9-/m0/s1. The zero-order valence-electron chi connectivity index (χ0n) is 9.67. The highest BCUT2D eigenvalue weighted by Crippen LogP contribution is 2.39. The summed E-state index contributed by atoms with van der Waals surface area (Å²) in [6.45, 7) is 1.75. The van der Waals surface area contributed by atoms with Gasteiger partial charge in [0.2, 0.25) is 5.91 Å². The molecule has 2 aromatic rings. The van der Waals surface area contributed by atoms with Crippen molar-refractivity contribution >= 4 is 34.8 Å². The largest absolute Gasteiger partial charge is 0.305 e. The molecule has 0 bridgehead atoms. The summed E-state index contributed by atoms with van der Waals surface area (Å²) in [5.74, 6) is 1.32. The van der Waals surface area contributed by atoms with Crippen molar-refractivity contribution in [2.24, 2.45) is 0 Å². The van der Waals surface area contributed by atoms with Gasteiger partial charge in [-0.3, -0.25) is 4.79 Å². The smallest absolute Gasteiger partial charge is 0.243 e. The van der Waals surface area contributed by atoms with Crippen LogP contribution in [0, 0.1) is 6.92 Å². The third kappa shape index (κ3) is 2.04. The van der Waals surface area contributed by atoms with E-state index in [2.05, 4.69) is 20.3 Å². The summed E-state index contributed by atoms with van der Waals surface area (Å²) in [7, 11) is 0. The molecule has 1 aliphatic rings. The van der Waals surface area contributed by atoms with E-state index in [-0.39, 0.29) is 11.2 Å². The van der Waals surface area contributed by atoms with Crippen molar-refractivity contribution in [1.82, 2.24) is 10.3 Å². The lowest BCUT2D eigenvalue weighted by atomic mass is 10.1. The number of nitrogens with one attached hydrogen (secondary N) is 1. The summed E-state index contributed by atoms with van der Waals surface area (Å²) in [5, 5.41) is 12.0. The number of rotatable bonds is 2. The van der Waals surface area contributed by atoms with Crippen molar-refractivity contribution in [3.63, 3.8) is 0 Å². The first-order valence-electron chi connectivity index (χ1n) is 5.53. The normalized spacial score (nSPS) is 18.4. The molecular formula is C11H11N3O2S2. The molecule has 0 spiro atoms. The van der Waals surface area contributed by atoms with E-state index in [0.717, 1.165) is 17.7 Å². The molecule has 1 amide bonds. The molecule has 94 valence electrons. The molecule has 1 atom stereocenters. The fourth-order valence-corrected chi connectivity index (χ4v) is 4.18. The second-order valence-corrected chi connectivity index (χ2v) is 6.20. The molecule has 0 unspecified atom stereocenters. The van der Waals surface area contributed by atoms with Crippen molar-refractivity contribution in [2.75, 3.05) is 11.1 Å². The summed E-state index contributed by atoms with van der Waals surface area (Å²) in [4.78, 5) is 13.6. The van der Waals surface area contributed by atoms with Crippen molar-refractivity contribution < 1.29 is 9.42 Å². The number of hydrogen-bond acceptors (Lipinski definition) is 6. The van der Waals surface area contributed by atoms with Crippen molar-refractivity contribution in [1.29, 1.82) is 0 Å². The molecule has 3 rings (SSSR count). The molecule has 0 saturated carbocycles. The van der Waals surface area contributed by atoms with Gasteiger partial charge in [-0.05, 0) is 41.3 Å². The molecule has 5 nitrogen and oxygen atoms in total. The van der Waals surface area contributed by atoms with Gasteiger partial charge in [0.05, 0.1) is 0 Å². The number of carbonyl (C=O) groups is 1. The summed E-state index contributed by atoms with van der Waals surface area (Å²) < 4.78 is 4.57. The predicted molar refractivity (Wildman–Crippen MR) is 70.9 cm³/mol. The molecule has 0 aliphatic carbocycles. The number of hydrogen-bond donors (Lipinski definition) is 1. The number of aryl methyl sites for hydroxylation is 2. The Morgan fingerprint density at radius 1 is 1.56 bits per heavy atom. The van der Waals surface area contributed by atoms with Crippen LogP contribution in [0.2, 0.25) is 0 Å². The maximum absolute atomic E-state index is 12.2. The molecule has 1 aliphatic heterocycles. The maximum atomic E-state index is 12.2. The Morgan fingerprint density at radius 3 is 3.22 bits per heavy atom. The molecule has 2 aromatic heterocycles. The Kier molecular flexibility index (Phi) is 3.09. The zero-order chi connectivity index (χ0) is 12.5. The lowest BCUT2D eigenvalue weighted by Crippen LogP contribution is -2.22. The number of thiophene rings is 1. The molecule has 1 N–H and O–H groups in total. The van der Waals surface area contributed by atoms with E-state index in [9.17, 15) is 4.79 Å². The van der Waals surface area contributed by atoms with Crippen LogP contribution in [-0.2, 0) is 11.2 Å². The van der Waals surface area contributed by atoms with Gasteiger partial charge >= 0.3 is 0 Å². The van der Waals surface area contributed by atoms with E-state index in [1.165, 1.54) is 4.88 Å². The Morgan fingerprint density at radius 2 is 2.44 bits per heavy atom. The van der Waals surface area contributed by atoms with Crippen LogP contribution >= 0.6 is 23.1 Å². The number of anilines is 1. The number of nitrogens with zero attached hydrogens (tertiary/aromatic N) is 2. The minimum atomic E-state index is -0.156. The maximum Gasteiger partial charge on any atom is 0.243 e. The fourth-order valence-electron chi connectivity index (χ4n) is 1.89. The number of thioether (sulfide) groups is 1. The monoisotopic (exact) mass is 281 g/mol. The van der Waals surface area contributed by atoms with Crippen LogP contribution in [0.3, 0.4) is 0 Å². The minimum absolute atomic E-state index is 0.0573. The van der Waals surface area contributed by atoms with E-state index in [1.807, 2.05) is 11.4 Å². The van der Waals surface area contributed by atoms with Crippen molar-refractivity contribution in [2.45, 2.75) is 18.6 Å². The van der Waals surface area contributed by atoms with Gasteiger partial charge in [0.1, 0.15) is 10.9 Å². The Balaban J connectivity index is 1.81. The van der Waals surface area contributed by atoms with Crippen LogP contribution in [-0.4, -0.2) is 22.0 Å². The van der Waals surface area contributed by atoms with Gasteiger partial charge < -0.3 is 5.32 Å². The predicted octanol–water partition coefficient (Wildman–Crippen LogP) is 2.41. The summed E-state index contributed by atoms with van der Waals surface area (Å²) in [6, 6.07) is 2.03. The lowest BCUT2D eigenvalue weighted by Gasteiger charge is -2.20. The van der Waals surface area contributed by atoms with Crippen molar-refractivity contribution in [3.8, 4) is 0 Å². The summed E-state index contributed by atoms with van der Waals surface area (Å²) in [6.07, 6.45) is 1.05. The Hall–Kier alpha value is -1.34. The summed E-state index contributed by atoms with van der Waals surface area (Å²) in [5.41, 5.74) is 1.72. The molecule has 0 radical (unpaired) electrons. The zero-order valence-corrected chi connectivity index (χ0v) is 11.3. The highest BCUT2D eigenvalue weighted by atomic mass is 32.2. The number of amides is 1. The first-order chi connectivity index (χ1) is 8.75. The van der Waals surface area contributed by atoms with Gasteiger partial charge in [0.15, 0.2) is 5.82 Å². The number of fused-ring (bicyclic) bond motifs is 1. The number of aromatic nitrogens is 2. The Bertz CT molecular complexity index is 578. The average molecular weight is 281 g/mol. The molecule has 18 heavy (non-hydrogen) atoms. The van der Waals surface area contributed by atoms with E-state index in [1.54, 1.807) is 30.0 Å². The van der Waals surface area contributed by atoms with Gasteiger partial charge in [-0.15, -0.1) is 23.1 Å². The van der Waals surface area contributed by atoms with E-state index >= 15 is 0 Å². The summed E-state index contributed by atoms with van der Waals surface area (Å²) >= 11 is 3.38. The second kappa shape index (κ2) is 4.74. The van der Waals surface area contributed by atoms with Crippen LogP contribution in [0.5, 0.6) is 0 Å². The highest BCUT2D eigenvalue weighted by molar-refractivity contribution is 8.00. The van der Waals surface area contributed by atoms with Crippen LogP contribution in [0.1, 0.15) is 21.4 Å². The van der Waals surface area contributed by atoms with Gasteiger partial charge in [0.25, 0.3) is 0 Å². The molecular weight excluding hydrogens is 270 g/mol. The third-order valence-corrected chi connectivity index (χ3v) is 5.05. The van der Waals surface area contributed by atoms with Crippen LogP contribution in [0.15, 0.2) is 16.1 Å². The SMILES string of the molecule is Cc1nonc1NC(=O)[C@H]1SCCc2sccc21. The fraction of sp³-hybridized carbons (Fsp3) is 0.364. The highest BCUT2D eigenvalue weighted by Gasteiger charge is 2.28. The quantitative estimate of drug-likeness (QED) is 0.915. The second-order valence-electron chi connectivity index (χ2n) is 3.99. The van der Waals surface area contributed by atoms with E-state index in [0.29, 0.717) is 11.5 Å². The van der Waals surface area contributed by atoms with Gasteiger partial charge in [-0.2, -0.15) is 0 Å². The molecule has 0 fully saturated rings. The number of carbonyl (C=O) groups excluding carboxylic acids is 1. The van der Waals surface area contributed by atoms with Gasteiger partial charge in [0, 0.05) is 4.88 Å². The molecule has 0 aromatic carbocycles. The topological polar surface area (TPSA) is 68.0 Å². The average Bonchev–Trinajstić information content (AvgIpc) is 2.98. The lowest BCUT2D eigenvalue weighted by molar-refractivity contribution is -0.115. The van der Waals surface area contributed by atoms with Gasteiger partial charge in [-0.25, -0.2) is 4.63 Å². The molecule has 7 heteroatoms. The first-order valence-corrected chi connectivity index (χ1v) is 7.46. The first kappa shape index (κ1) is 11.7. The molecule has 3 heterocycles.